The summed E-state index contributed by atoms with van der Waals surface area (Å²) in [6.07, 6.45) is 17.4. The number of nitriles is 1. The quantitative estimate of drug-likeness (QED) is 0.182. The molecule has 0 atom stereocenters. The summed E-state index contributed by atoms with van der Waals surface area (Å²) in [6, 6.07) is 10.5. The Kier molecular flexibility index (Phi) is 6.42. The highest BCUT2D eigenvalue weighted by Gasteiger charge is 2.25. The molecule has 0 radical (unpaired) electrons. The first kappa shape index (κ1) is 27.9. The molecule has 6 aromatic heterocycles. The van der Waals surface area contributed by atoms with Crippen molar-refractivity contribution in [2.75, 3.05) is 0 Å². The van der Waals surface area contributed by atoms with Crippen molar-refractivity contribution in [2.24, 2.45) is 0 Å². The summed E-state index contributed by atoms with van der Waals surface area (Å²) in [7, 11) is -3.89. The summed E-state index contributed by atoms with van der Waals surface area (Å²) in [6.45, 7) is 11.4. The Morgan fingerprint density at radius 3 is 2.44 bits per heavy atom. The van der Waals surface area contributed by atoms with Crippen LogP contribution in [0.15, 0.2) is 108 Å². The van der Waals surface area contributed by atoms with E-state index in [0.717, 1.165) is 54.2 Å². The third-order valence-corrected chi connectivity index (χ3v) is 9.80. The third-order valence-electron chi connectivity index (χ3n) is 8.08. The summed E-state index contributed by atoms with van der Waals surface area (Å²) < 4.78 is 30.7. The number of allylic oxidation sites excluding steroid dienone is 5. The molecule has 6 heterocycles. The zero-order chi connectivity index (χ0) is 31.5. The van der Waals surface area contributed by atoms with Crippen molar-refractivity contribution >= 4 is 71.2 Å². The zero-order valence-corrected chi connectivity index (χ0v) is 25.2. The molecule has 7 rings (SSSR count). The summed E-state index contributed by atoms with van der Waals surface area (Å²) >= 11 is 0. The van der Waals surface area contributed by atoms with E-state index in [1.165, 1.54) is 12.2 Å². The van der Waals surface area contributed by atoms with Crippen molar-refractivity contribution in [3.63, 3.8) is 0 Å². The van der Waals surface area contributed by atoms with Crippen LogP contribution in [0.25, 0.3) is 67.1 Å². The summed E-state index contributed by atoms with van der Waals surface area (Å²) in [4.78, 5) is 9.02. The molecular weight excluding hydrogens is 582 g/mol. The first-order chi connectivity index (χ1) is 21.8. The Hall–Kier alpha value is -5.92. The number of hydrogen-bond donors (Lipinski definition) is 0. The fraction of sp³-hybridized carbons (Fsp3) is 0.0571. The van der Waals surface area contributed by atoms with Crippen LogP contribution in [-0.2, 0) is 9.84 Å². The topological polar surface area (TPSA) is 119 Å². The molecule has 218 valence electrons. The number of nitrogens with zero attached hydrogens (tertiary/aromatic N) is 7. The molecule has 0 amide bonds. The minimum absolute atomic E-state index is 0.0793. The van der Waals surface area contributed by atoms with Crippen molar-refractivity contribution in [1.29, 1.82) is 5.26 Å². The van der Waals surface area contributed by atoms with E-state index in [1.54, 1.807) is 55.7 Å². The van der Waals surface area contributed by atoms with Gasteiger partial charge in [0, 0.05) is 50.4 Å². The van der Waals surface area contributed by atoms with Gasteiger partial charge in [0.15, 0.2) is 5.65 Å². The van der Waals surface area contributed by atoms with E-state index in [4.69, 9.17) is 15.5 Å². The van der Waals surface area contributed by atoms with Crippen LogP contribution < -0.4 is 10.6 Å². The summed E-state index contributed by atoms with van der Waals surface area (Å²) in [5.74, 6) is 0. The van der Waals surface area contributed by atoms with Crippen LogP contribution in [0.1, 0.15) is 13.8 Å². The van der Waals surface area contributed by atoms with Gasteiger partial charge in [-0.15, -0.1) is 10.2 Å². The lowest BCUT2D eigenvalue weighted by molar-refractivity contribution is 0.603. The maximum Gasteiger partial charge on any atom is 0.206 e. The molecule has 0 saturated carbocycles. The van der Waals surface area contributed by atoms with Gasteiger partial charge < -0.3 is 4.40 Å². The Bertz CT molecular complexity index is 2720. The van der Waals surface area contributed by atoms with Gasteiger partial charge in [-0.2, -0.15) is 5.26 Å². The minimum atomic E-state index is -3.89. The molecule has 0 saturated heterocycles. The van der Waals surface area contributed by atoms with E-state index in [0.29, 0.717) is 16.9 Å². The van der Waals surface area contributed by atoms with Crippen molar-refractivity contribution in [3.8, 4) is 11.8 Å². The van der Waals surface area contributed by atoms with Gasteiger partial charge in [0.1, 0.15) is 5.52 Å². The highest BCUT2D eigenvalue weighted by molar-refractivity contribution is 7.95. The summed E-state index contributed by atoms with van der Waals surface area (Å²) in [5, 5.41) is 24.2. The Labute approximate surface area is 257 Å². The number of fused-ring (bicyclic) bond motifs is 3. The second-order valence-electron chi connectivity index (χ2n) is 10.4. The molecule has 0 aliphatic heterocycles. The average molecular weight is 608 g/mol. The number of rotatable bonds is 6. The SMILES string of the molecule is C=C/C=c1\c(=C/C)n2c3cnccc3c3nnc4c(c5c1cncc5n4-c1ccc(S(=O)(=O)C(=C)/C=C\C(C#N)=C/C)cc1)c32. The third kappa shape index (κ3) is 3.95. The maximum atomic E-state index is 13.3. The molecular formula is C35H25N7O2S. The van der Waals surface area contributed by atoms with Crippen molar-refractivity contribution in [3.05, 3.63) is 114 Å². The molecule has 0 N–H and O–H groups in total. The normalized spacial score (nSPS) is 13.8. The fourth-order valence-electron chi connectivity index (χ4n) is 6.03. The fourth-order valence-corrected chi connectivity index (χ4v) is 7.08. The van der Waals surface area contributed by atoms with E-state index in [1.807, 2.05) is 42.1 Å². The van der Waals surface area contributed by atoms with Gasteiger partial charge in [-0.3, -0.25) is 14.5 Å². The van der Waals surface area contributed by atoms with E-state index < -0.39 is 9.84 Å². The zero-order valence-electron chi connectivity index (χ0n) is 24.4. The monoisotopic (exact) mass is 607 g/mol. The Morgan fingerprint density at radius 2 is 1.73 bits per heavy atom. The average Bonchev–Trinajstić information content (AvgIpc) is 3.54. The molecule has 7 aromatic rings. The Balaban J connectivity index is 1.54. The molecule has 0 bridgehead atoms. The highest BCUT2D eigenvalue weighted by atomic mass is 32.2. The number of aromatic nitrogens is 6. The number of hydrogen-bond acceptors (Lipinski definition) is 7. The van der Waals surface area contributed by atoms with Crippen LogP contribution in [0.3, 0.4) is 0 Å². The first-order valence-corrected chi connectivity index (χ1v) is 15.6. The Morgan fingerprint density at radius 1 is 0.956 bits per heavy atom. The molecule has 0 fully saturated rings. The number of pyridine rings is 2. The second kappa shape index (κ2) is 10.4. The van der Waals surface area contributed by atoms with Crippen molar-refractivity contribution < 1.29 is 8.42 Å². The van der Waals surface area contributed by atoms with Gasteiger partial charge >= 0.3 is 0 Å². The number of sulfone groups is 1. The molecule has 9 nitrogen and oxygen atoms in total. The lowest BCUT2D eigenvalue weighted by atomic mass is 10.1. The van der Waals surface area contributed by atoms with Crippen LogP contribution in [0, 0.1) is 11.3 Å². The lowest BCUT2D eigenvalue weighted by Crippen LogP contribution is -2.29. The van der Waals surface area contributed by atoms with E-state index in [-0.39, 0.29) is 9.80 Å². The number of benzene rings is 1. The van der Waals surface area contributed by atoms with Crippen LogP contribution in [0.2, 0.25) is 0 Å². The maximum absolute atomic E-state index is 13.3. The van der Waals surface area contributed by atoms with Gasteiger partial charge in [0.05, 0.1) is 50.2 Å². The predicted molar refractivity (Wildman–Crippen MR) is 178 cm³/mol. The van der Waals surface area contributed by atoms with Crippen LogP contribution in [0.5, 0.6) is 0 Å². The molecule has 10 heteroatoms. The molecule has 1 aromatic carbocycles. The lowest BCUT2D eigenvalue weighted by Gasteiger charge is -2.09. The van der Waals surface area contributed by atoms with Gasteiger partial charge in [-0.05, 0) is 56.3 Å². The minimum Gasteiger partial charge on any atom is -0.305 e. The van der Waals surface area contributed by atoms with Gasteiger partial charge in [0.25, 0.3) is 0 Å². The molecule has 0 aliphatic carbocycles. The van der Waals surface area contributed by atoms with E-state index >= 15 is 0 Å². The van der Waals surface area contributed by atoms with Crippen molar-refractivity contribution in [1.82, 2.24) is 29.1 Å². The second-order valence-corrected chi connectivity index (χ2v) is 12.4. The molecule has 0 aliphatic rings. The molecule has 0 spiro atoms. The molecule has 0 unspecified atom stereocenters. The predicted octanol–water partition coefficient (Wildman–Crippen LogP) is 5.44. The van der Waals surface area contributed by atoms with Gasteiger partial charge in [0.2, 0.25) is 9.84 Å². The first-order valence-electron chi connectivity index (χ1n) is 14.1. The standard InChI is InChI=1S/C35H25N7O2S/c1-5-8-25-27-18-38-20-30-31(27)32-34-33(26-15-16-37-19-29(26)42(34)28(25)7-3)39-40-35(32)41(30)23-11-13-24(14-12-23)45(43,44)21(4)9-10-22(6-2)17-36/h5-16,18-20H,1,4H2,2-3H3/b10-9-,22-6+,25-8-,28-7+. The highest BCUT2D eigenvalue weighted by Crippen LogP contribution is 2.39. The summed E-state index contributed by atoms with van der Waals surface area (Å²) in [5.41, 5.74) is 4.99. The van der Waals surface area contributed by atoms with E-state index in [9.17, 15) is 8.42 Å². The smallest absolute Gasteiger partial charge is 0.206 e. The van der Waals surface area contributed by atoms with Gasteiger partial charge in [-0.25, -0.2) is 8.42 Å². The van der Waals surface area contributed by atoms with Crippen LogP contribution in [0.4, 0.5) is 0 Å². The largest absolute Gasteiger partial charge is 0.305 e. The van der Waals surface area contributed by atoms with Crippen LogP contribution in [-0.4, -0.2) is 37.6 Å². The van der Waals surface area contributed by atoms with Crippen molar-refractivity contribution in [2.45, 2.75) is 18.7 Å². The molecule has 45 heavy (non-hydrogen) atoms. The van der Waals surface area contributed by atoms with Gasteiger partial charge in [-0.1, -0.05) is 37.5 Å². The van der Waals surface area contributed by atoms with Crippen LogP contribution >= 0.6 is 0 Å². The van der Waals surface area contributed by atoms with E-state index in [2.05, 4.69) is 33.6 Å².